The summed E-state index contributed by atoms with van der Waals surface area (Å²) in [6, 6.07) is 4.70. The molecule has 1 aromatic rings. The van der Waals surface area contributed by atoms with Gasteiger partial charge in [-0.3, -0.25) is 4.79 Å². The number of nitrogens with one attached hydrogen (secondary N) is 1. The minimum Gasteiger partial charge on any atom is -0.480 e. The smallest absolute Gasteiger partial charge is 0.480 e. The van der Waals surface area contributed by atoms with Crippen LogP contribution in [0.15, 0.2) is 30.3 Å². The molecular formula is C9H8F3NO4S. The summed E-state index contributed by atoms with van der Waals surface area (Å²) < 4.78 is 59.2. The predicted molar refractivity (Wildman–Crippen MR) is 54.9 cm³/mol. The SMILES string of the molecule is O=C(O)[C@H](NS(=O)(=O)C(F)(F)F)c1ccccc1. The minimum absolute atomic E-state index is 0.0992. The fraction of sp³-hybridized carbons (Fsp3) is 0.222. The molecular weight excluding hydrogens is 275 g/mol. The van der Waals surface area contributed by atoms with E-state index in [1.54, 1.807) is 0 Å². The summed E-state index contributed by atoms with van der Waals surface area (Å²) >= 11 is 0. The highest BCUT2D eigenvalue weighted by Crippen LogP contribution is 2.25. The molecule has 0 aliphatic rings. The van der Waals surface area contributed by atoms with Crippen molar-refractivity contribution in [2.45, 2.75) is 11.6 Å². The molecule has 0 fully saturated rings. The van der Waals surface area contributed by atoms with Gasteiger partial charge in [0, 0.05) is 0 Å². The fourth-order valence-electron chi connectivity index (χ4n) is 1.13. The third-order valence-electron chi connectivity index (χ3n) is 1.96. The number of hydrogen-bond donors (Lipinski definition) is 2. The van der Waals surface area contributed by atoms with Gasteiger partial charge in [-0.05, 0) is 5.56 Å². The molecule has 0 bridgehead atoms. The second-order valence-corrected chi connectivity index (χ2v) is 4.95. The third-order valence-corrected chi connectivity index (χ3v) is 3.11. The highest BCUT2D eigenvalue weighted by atomic mass is 32.2. The maximum atomic E-state index is 12.1. The van der Waals surface area contributed by atoms with Gasteiger partial charge in [0.25, 0.3) is 0 Å². The van der Waals surface area contributed by atoms with Crippen LogP contribution in [0, 0.1) is 0 Å². The molecule has 0 aliphatic carbocycles. The van der Waals surface area contributed by atoms with Crippen molar-refractivity contribution in [1.29, 1.82) is 0 Å². The lowest BCUT2D eigenvalue weighted by molar-refractivity contribution is -0.139. The van der Waals surface area contributed by atoms with E-state index in [2.05, 4.69) is 0 Å². The summed E-state index contributed by atoms with van der Waals surface area (Å²) in [5.41, 5.74) is -5.66. The van der Waals surface area contributed by atoms with Crippen LogP contribution >= 0.6 is 0 Å². The Kier molecular flexibility index (Phi) is 3.97. The molecule has 0 heterocycles. The number of sulfonamides is 1. The molecule has 5 nitrogen and oxygen atoms in total. The van der Waals surface area contributed by atoms with Crippen LogP contribution < -0.4 is 4.72 Å². The Hall–Kier alpha value is -1.61. The van der Waals surface area contributed by atoms with Crippen molar-refractivity contribution in [2.24, 2.45) is 0 Å². The Morgan fingerprint density at radius 3 is 2.11 bits per heavy atom. The van der Waals surface area contributed by atoms with Crippen LogP contribution in [0.2, 0.25) is 0 Å². The summed E-state index contributed by atoms with van der Waals surface area (Å²) in [7, 11) is -5.72. The van der Waals surface area contributed by atoms with Crippen molar-refractivity contribution in [3.05, 3.63) is 35.9 Å². The van der Waals surface area contributed by atoms with Gasteiger partial charge < -0.3 is 5.11 Å². The molecule has 100 valence electrons. The maximum absolute atomic E-state index is 12.1. The van der Waals surface area contributed by atoms with E-state index in [0.717, 1.165) is 4.72 Å². The topological polar surface area (TPSA) is 83.5 Å². The van der Waals surface area contributed by atoms with Crippen LogP contribution in [0.3, 0.4) is 0 Å². The van der Waals surface area contributed by atoms with Crippen LogP contribution in [0.1, 0.15) is 11.6 Å². The van der Waals surface area contributed by atoms with Crippen LogP contribution in [0.25, 0.3) is 0 Å². The maximum Gasteiger partial charge on any atom is 0.511 e. The first-order valence-corrected chi connectivity index (χ1v) is 6.00. The van der Waals surface area contributed by atoms with E-state index in [4.69, 9.17) is 5.11 Å². The number of benzene rings is 1. The summed E-state index contributed by atoms with van der Waals surface area (Å²) in [5.74, 6) is -1.73. The van der Waals surface area contributed by atoms with Crippen molar-refractivity contribution in [3.63, 3.8) is 0 Å². The predicted octanol–water partition coefficient (Wildman–Crippen LogP) is 1.25. The van der Waals surface area contributed by atoms with E-state index in [9.17, 15) is 26.4 Å². The van der Waals surface area contributed by atoms with Crippen LogP contribution in [-0.2, 0) is 14.8 Å². The molecule has 18 heavy (non-hydrogen) atoms. The Morgan fingerprint density at radius 2 is 1.72 bits per heavy atom. The first-order chi connectivity index (χ1) is 8.15. The number of rotatable bonds is 4. The number of aliphatic carboxylic acids is 1. The van der Waals surface area contributed by atoms with Gasteiger partial charge in [0.2, 0.25) is 0 Å². The molecule has 0 spiro atoms. The lowest BCUT2D eigenvalue weighted by Crippen LogP contribution is -2.41. The second-order valence-electron chi connectivity index (χ2n) is 3.25. The average molecular weight is 283 g/mol. The van der Waals surface area contributed by atoms with Gasteiger partial charge >= 0.3 is 21.5 Å². The lowest BCUT2D eigenvalue weighted by Gasteiger charge is -2.16. The van der Waals surface area contributed by atoms with Crippen molar-refractivity contribution < 1.29 is 31.5 Å². The number of carboxylic acid groups (broad SMARTS) is 1. The number of carboxylic acids is 1. The molecule has 0 saturated heterocycles. The number of halogens is 3. The number of hydrogen-bond acceptors (Lipinski definition) is 3. The highest BCUT2D eigenvalue weighted by Gasteiger charge is 2.47. The van der Waals surface area contributed by atoms with E-state index in [1.165, 1.54) is 30.3 Å². The summed E-state index contributed by atoms with van der Waals surface area (Å²) in [4.78, 5) is 10.8. The highest BCUT2D eigenvalue weighted by molar-refractivity contribution is 7.90. The van der Waals surface area contributed by atoms with E-state index in [-0.39, 0.29) is 5.56 Å². The zero-order valence-electron chi connectivity index (χ0n) is 8.68. The van der Waals surface area contributed by atoms with Crippen LogP contribution in [-0.4, -0.2) is 25.0 Å². The first kappa shape index (κ1) is 14.5. The van der Waals surface area contributed by atoms with Gasteiger partial charge in [0.05, 0.1) is 0 Å². The van der Waals surface area contributed by atoms with Gasteiger partial charge in [0.15, 0.2) is 0 Å². The van der Waals surface area contributed by atoms with Gasteiger partial charge in [-0.15, -0.1) is 0 Å². The van der Waals surface area contributed by atoms with E-state index < -0.39 is 27.5 Å². The van der Waals surface area contributed by atoms with Gasteiger partial charge in [0.1, 0.15) is 6.04 Å². The van der Waals surface area contributed by atoms with Crippen molar-refractivity contribution in [2.75, 3.05) is 0 Å². The zero-order valence-corrected chi connectivity index (χ0v) is 9.49. The first-order valence-electron chi connectivity index (χ1n) is 4.51. The van der Waals surface area contributed by atoms with Crippen LogP contribution in [0.4, 0.5) is 13.2 Å². The van der Waals surface area contributed by atoms with Gasteiger partial charge in [-0.25, -0.2) is 8.42 Å². The standard InChI is InChI=1S/C9H8F3NO4S/c10-9(11,12)18(16,17)13-7(8(14)15)6-4-2-1-3-5-6/h1-5,7,13H,(H,14,15)/t7-/m1/s1. The van der Waals surface area contributed by atoms with E-state index in [1.807, 2.05) is 0 Å². The zero-order chi connectivity index (χ0) is 14.0. The summed E-state index contributed by atoms with van der Waals surface area (Å²) in [6.07, 6.45) is 0. The molecule has 9 heteroatoms. The molecule has 1 atom stereocenters. The van der Waals surface area contributed by atoms with Crippen molar-refractivity contribution in [1.82, 2.24) is 4.72 Å². The molecule has 0 radical (unpaired) electrons. The Bertz CT molecular complexity index is 526. The number of carbonyl (C=O) groups is 1. The van der Waals surface area contributed by atoms with Crippen molar-refractivity contribution >= 4 is 16.0 Å². The lowest BCUT2D eigenvalue weighted by atomic mass is 10.1. The second kappa shape index (κ2) is 4.94. The van der Waals surface area contributed by atoms with Gasteiger partial charge in [-0.2, -0.15) is 17.9 Å². The molecule has 0 amide bonds. The fourth-order valence-corrected chi connectivity index (χ4v) is 1.81. The average Bonchev–Trinajstić information content (AvgIpc) is 2.25. The minimum atomic E-state index is -5.72. The normalized spacial score (nSPS) is 14.2. The molecule has 2 N–H and O–H groups in total. The summed E-state index contributed by atoms with van der Waals surface area (Å²) in [5, 5.41) is 8.76. The third kappa shape index (κ3) is 3.20. The largest absolute Gasteiger partial charge is 0.511 e. The van der Waals surface area contributed by atoms with Crippen LogP contribution in [0.5, 0.6) is 0 Å². The molecule has 1 aromatic carbocycles. The van der Waals surface area contributed by atoms with Gasteiger partial charge in [-0.1, -0.05) is 30.3 Å². The molecule has 0 aliphatic heterocycles. The Labute approximate surface area is 100 Å². The Morgan fingerprint density at radius 1 is 1.22 bits per heavy atom. The quantitative estimate of drug-likeness (QED) is 0.871. The summed E-state index contributed by atoms with van der Waals surface area (Å²) in [6.45, 7) is 0. The van der Waals surface area contributed by atoms with E-state index in [0.29, 0.717) is 0 Å². The Balaban J connectivity index is 3.08. The molecule has 0 aromatic heterocycles. The number of alkyl halides is 3. The molecule has 1 rings (SSSR count). The monoisotopic (exact) mass is 283 g/mol. The molecule has 0 saturated carbocycles. The molecule has 0 unspecified atom stereocenters. The van der Waals surface area contributed by atoms with E-state index >= 15 is 0 Å². The van der Waals surface area contributed by atoms with Crippen molar-refractivity contribution in [3.8, 4) is 0 Å².